The van der Waals surface area contributed by atoms with Crippen LogP contribution in [0.3, 0.4) is 0 Å². The Labute approximate surface area is 335 Å². The Morgan fingerprint density at radius 2 is 1.26 bits per heavy atom. The molecule has 0 saturated carbocycles. The molecule has 2 heteroatoms. The van der Waals surface area contributed by atoms with Crippen molar-refractivity contribution in [3.05, 3.63) is 193 Å². The molecule has 268 valence electrons. The number of aryl methyl sites for hydroxylation is 1. The summed E-state index contributed by atoms with van der Waals surface area (Å²) in [5, 5.41) is 0.783. The third kappa shape index (κ3) is 6.96. The van der Waals surface area contributed by atoms with Crippen molar-refractivity contribution in [3.63, 3.8) is 0 Å². The monoisotopic (exact) mass is 798 g/mol. The number of halogens is 1. The molecule has 0 aliphatic heterocycles. The van der Waals surface area contributed by atoms with Gasteiger partial charge in [0.2, 0.25) is 0 Å². The van der Waals surface area contributed by atoms with Crippen molar-refractivity contribution in [1.29, 1.82) is 0 Å². The molecule has 0 saturated heterocycles. The van der Waals surface area contributed by atoms with Crippen LogP contribution in [0.2, 0.25) is 5.02 Å². The summed E-state index contributed by atoms with van der Waals surface area (Å²) < 4.78 is 4.72. The average molecular weight is 801 g/mol. The van der Waals surface area contributed by atoms with Gasteiger partial charge in [0.15, 0.2) is 0 Å². The van der Waals surface area contributed by atoms with Crippen LogP contribution < -0.4 is 3.27 Å². The van der Waals surface area contributed by atoms with Crippen molar-refractivity contribution >= 4 is 18.1 Å². The molecular formula is C52H49ClZr. The minimum absolute atomic E-state index is 0.0250. The third-order valence-electron chi connectivity index (χ3n) is 11.1. The maximum atomic E-state index is 6.88. The van der Waals surface area contributed by atoms with Crippen LogP contribution in [0.5, 0.6) is 0 Å². The Kier molecular flexibility index (Phi) is 9.87. The van der Waals surface area contributed by atoms with Crippen LogP contribution in [0.1, 0.15) is 86.9 Å². The van der Waals surface area contributed by atoms with Crippen LogP contribution in [-0.4, -0.2) is 3.21 Å². The van der Waals surface area contributed by atoms with Gasteiger partial charge in [-0.25, -0.2) is 0 Å². The molecule has 0 unspecified atom stereocenters. The zero-order valence-corrected chi connectivity index (χ0v) is 35.9. The first-order valence-electron chi connectivity index (χ1n) is 19.3. The molecule has 2 aliphatic carbocycles. The van der Waals surface area contributed by atoms with Gasteiger partial charge in [0.05, 0.1) is 0 Å². The quantitative estimate of drug-likeness (QED) is 0.157. The molecule has 54 heavy (non-hydrogen) atoms. The molecule has 0 nitrogen and oxygen atoms in total. The van der Waals surface area contributed by atoms with Gasteiger partial charge in [-0.1, -0.05) is 0 Å². The SMILES string of the molecule is Cc1ccc(/[C](c2cccc(Cl)c2)=[Zr](\[C]2=CC=CC2)[c]2c3c(cc(C(C)(C)C)c2-c2ccccc2)-c2cc(C(C)(C)C)c(-c4ccccc4)cc2C3)cc1. The number of allylic oxidation sites excluding steroid dienone is 4. The predicted octanol–water partition coefficient (Wildman–Crippen LogP) is 13.5. The molecule has 0 atom stereocenters. The summed E-state index contributed by atoms with van der Waals surface area (Å²) in [6.07, 6.45) is 9.05. The van der Waals surface area contributed by atoms with E-state index in [0.717, 1.165) is 17.9 Å². The van der Waals surface area contributed by atoms with E-state index in [4.69, 9.17) is 11.6 Å². The van der Waals surface area contributed by atoms with Gasteiger partial charge < -0.3 is 0 Å². The van der Waals surface area contributed by atoms with Gasteiger partial charge in [0, 0.05) is 0 Å². The van der Waals surface area contributed by atoms with Gasteiger partial charge in [-0.05, 0) is 0 Å². The molecule has 0 fully saturated rings. The molecule has 0 radical (unpaired) electrons. The number of rotatable bonds is 6. The summed E-state index contributed by atoms with van der Waals surface area (Å²) in [6, 6.07) is 47.9. The van der Waals surface area contributed by atoms with Crippen molar-refractivity contribution in [3.8, 4) is 33.4 Å². The fourth-order valence-corrected chi connectivity index (χ4v) is 17.1. The first-order chi connectivity index (χ1) is 25.9. The average Bonchev–Trinajstić information content (AvgIpc) is 3.81. The number of hydrogen-bond donors (Lipinski definition) is 0. The van der Waals surface area contributed by atoms with E-state index in [-0.39, 0.29) is 10.8 Å². The van der Waals surface area contributed by atoms with Crippen LogP contribution in [0.25, 0.3) is 33.4 Å². The van der Waals surface area contributed by atoms with Crippen LogP contribution in [-0.2, 0) is 38.5 Å². The number of fused-ring (bicyclic) bond motifs is 3. The summed E-state index contributed by atoms with van der Waals surface area (Å²) >= 11 is 3.78. The molecular weight excluding hydrogens is 751 g/mol. The Morgan fingerprint density at radius 1 is 0.611 bits per heavy atom. The zero-order chi connectivity index (χ0) is 37.8. The summed E-state index contributed by atoms with van der Waals surface area (Å²) in [5.41, 5.74) is 17.7. The van der Waals surface area contributed by atoms with E-state index in [1.165, 1.54) is 75.5 Å². The number of benzene rings is 6. The van der Waals surface area contributed by atoms with Gasteiger partial charge in [-0.2, -0.15) is 0 Å². The molecule has 0 heterocycles. The Balaban J connectivity index is 1.56. The predicted molar refractivity (Wildman–Crippen MR) is 230 cm³/mol. The summed E-state index contributed by atoms with van der Waals surface area (Å²) in [4.78, 5) is 0. The molecule has 6 aromatic carbocycles. The van der Waals surface area contributed by atoms with Crippen molar-refractivity contribution in [2.45, 2.75) is 72.1 Å². The van der Waals surface area contributed by atoms with Crippen LogP contribution in [0.15, 0.2) is 149 Å². The molecule has 0 amide bonds. The normalized spacial score (nSPS) is 14.1. The zero-order valence-electron chi connectivity index (χ0n) is 32.6. The van der Waals surface area contributed by atoms with E-state index in [1.807, 2.05) is 6.07 Å². The van der Waals surface area contributed by atoms with Crippen LogP contribution in [0.4, 0.5) is 0 Å². The number of hydrogen-bond acceptors (Lipinski definition) is 0. The van der Waals surface area contributed by atoms with E-state index in [2.05, 4.69) is 188 Å². The fourth-order valence-electron chi connectivity index (χ4n) is 8.53. The van der Waals surface area contributed by atoms with Gasteiger partial charge in [-0.3, -0.25) is 0 Å². The van der Waals surface area contributed by atoms with Crippen molar-refractivity contribution in [2.75, 3.05) is 0 Å². The first kappa shape index (κ1) is 36.8. The Morgan fingerprint density at radius 3 is 1.87 bits per heavy atom. The summed E-state index contributed by atoms with van der Waals surface area (Å²) in [5.74, 6) is 0. The standard InChI is InChI=1S/C33H33.C14H11Cl.C5H5.Zr/c1-32(2,3)30-20-26-24(18-28(30)22-13-9-7-10-14-22)17-25-19-29(23-15-11-8-12-16-23)31(21-27(25)26)33(4,5)6;1-11-5-7-12(8-6-11)9-13-3-2-4-14(15)10-13;1-2-4-5-3-1;/h7-16,18,20-21H,17H2,1-6H3;2-8,10H,1H3;1-3H,4H2;. The van der Waals surface area contributed by atoms with E-state index < -0.39 is 21.3 Å². The Hall–Kier alpha value is -4.16. The van der Waals surface area contributed by atoms with Gasteiger partial charge in [0.1, 0.15) is 0 Å². The minimum atomic E-state index is -3.10. The van der Waals surface area contributed by atoms with E-state index in [1.54, 1.807) is 6.55 Å². The Bertz CT molecular complexity index is 2480. The van der Waals surface area contributed by atoms with E-state index >= 15 is 0 Å². The van der Waals surface area contributed by atoms with E-state index in [9.17, 15) is 0 Å². The second-order valence-corrected chi connectivity index (χ2v) is 23.4. The maximum absolute atomic E-state index is 6.88. The molecule has 8 rings (SSSR count). The van der Waals surface area contributed by atoms with Gasteiger partial charge >= 0.3 is 338 Å². The van der Waals surface area contributed by atoms with Crippen LogP contribution >= 0.6 is 11.6 Å². The fraction of sp³-hybridized carbons (Fsp3) is 0.212. The molecule has 2 aliphatic rings. The molecule has 0 aromatic heterocycles. The van der Waals surface area contributed by atoms with Gasteiger partial charge in [0.25, 0.3) is 0 Å². The van der Waals surface area contributed by atoms with Gasteiger partial charge in [-0.15, -0.1) is 0 Å². The van der Waals surface area contributed by atoms with Crippen LogP contribution in [0, 0.1) is 6.92 Å². The summed E-state index contributed by atoms with van der Waals surface area (Å²) in [6.45, 7) is 16.5. The second-order valence-electron chi connectivity index (χ2n) is 17.1. The molecule has 0 spiro atoms. The van der Waals surface area contributed by atoms with E-state index in [0.29, 0.717) is 0 Å². The third-order valence-corrected chi connectivity index (χ3v) is 19.1. The van der Waals surface area contributed by atoms with Crippen molar-refractivity contribution in [2.24, 2.45) is 0 Å². The van der Waals surface area contributed by atoms with Crippen molar-refractivity contribution < 1.29 is 21.3 Å². The van der Waals surface area contributed by atoms with Crippen molar-refractivity contribution in [1.82, 2.24) is 0 Å². The first-order valence-corrected chi connectivity index (χ1v) is 23.4. The second kappa shape index (κ2) is 14.5. The molecule has 0 bridgehead atoms. The summed E-state index contributed by atoms with van der Waals surface area (Å²) in [7, 11) is 0. The molecule has 0 N–H and O–H groups in total. The topological polar surface area (TPSA) is 0 Å². The molecule has 6 aromatic rings.